The van der Waals surface area contributed by atoms with Crippen molar-refractivity contribution in [2.45, 2.75) is 70.1 Å². The lowest BCUT2D eigenvalue weighted by Crippen LogP contribution is -2.32. The quantitative estimate of drug-likeness (QED) is 0.787. The van der Waals surface area contributed by atoms with E-state index in [-0.39, 0.29) is 17.5 Å². The number of Topliss-reactive ketones (excluding diaryl/α,β-unsaturated/α-hetero) is 1. The maximum Gasteiger partial charge on any atom is 0.162 e. The first-order valence-electron chi connectivity index (χ1n) is 7.38. The lowest BCUT2D eigenvalue weighted by atomic mass is 9.83. The number of carbonyl (C=O) groups excluding carboxylic acids is 1. The number of aromatic nitrogens is 2. The summed E-state index contributed by atoms with van der Waals surface area (Å²) in [6, 6.07) is 0. The van der Waals surface area contributed by atoms with Gasteiger partial charge in [-0.25, -0.2) is 0 Å². The first kappa shape index (κ1) is 12.9. The fourth-order valence-corrected chi connectivity index (χ4v) is 3.44. The Hall–Kier alpha value is -1.16. The van der Waals surface area contributed by atoms with Crippen LogP contribution < -0.4 is 0 Å². The molecule has 0 radical (unpaired) electrons. The molecule has 1 atom stereocenters. The molecule has 1 aliphatic heterocycles. The van der Waals surface area contributed by atoms with Gasteiger partial charge in [-0.15, -0.1) is 0 Å². The zero-order valence-electron chi connectivity index (χ0n) is 11.6. The SMILES string of the molecule is CC(=O)c1cnn(CC2CCC3(CCCCC3)O2)c1. The summed E-state index contributed by atoms with van der Waals surface area (Å²) < 4.78 is 8.17. The van der Waals surface area contributed by atoms with Gasteiger partial charge in [-0.05, 0) is 32.6 Å². The smallest absolute Gasteiger partial charge is 0.162 e. The molecule has 1 spiro atoms. The molecule has 1 unspecified atom stereocenters. The van der Waals surface area contributed by atoms with Gasteiger partial charge in [-0.1, -0.05) is 19.3 Å². The highest BCUT2D eigenvalue weighted by molar-refractivity contribution is 5.93. The number of hydrogen-bond acceptors (Lipinski definition) is 3. The van der Waals surface area contributed by atoms with Crippen LogP contribution in [0.3, 0.4) is 0 Å². The Kier molecular flexibility index (Phi) is 3.44. The van der Waals surface area contributed by atoms with Gasteiger partial charge < -0.3 is 4.74 Å². The standard InChI is InChI=1S/C15H22N2O2/c1-12(18)13-9-16-17(10-13)11-14-5-8-15(19-14)6-3-2-4-7-15/h9-10,14H,2-8,11H2,1H3. The fraction of sp³-hybridized carbons (Fsp3) is 0.733. The van der Waals surface area contributed by atoms with E-state index in [1.807, 2.05) is 10.9 Å². The molecule has 1 saturated carbocycles. The lowest BCUT2D eigenvalue weighted by Gasteiger charge is -2.33. The molecule has 1 saturated heterocycles. The van der Waals surface area contributed by atoms with Crippen LogP contribution in [0.25, 0.3) is 0 Å². The molecule has 2 fully saturated rings. The van der Waals surface area contributed by atoms with Crippen LogP contribution in [-0.2, 0) is 11.3 Å². The number of ether oxygens (including phenoxy) is 1. The Labute approximate surface area is 114 Å². The Bertz CT molecular complexity index is 460. The normalized spacial score (nSPS) is 25.8. The van der Waals surface area contributed by atoms with Crippen LogP contribution in [0.4, 0.5) is 0 Å². The van der Waals surface area contributed by atoms with Gasteiger partial charge in [0.1, 0.15) is 0 Å². The molecular weight excluding hydrogens is 240 g/mol. The van der Waals surface area contributed by atoms with Gasteiger partial charge >= 0.3 is 0 Å². The molecule has 4 heteroatoms. The summed E-state index contributed by atoms with van der Waals surface area (Å²) in [5, 5.41) is 4.25. The van der Waals surface area contributed by atoms with Gasteiger partial charge in [0.2, 0.25) is 0 Å². The molecule has 2 aliphatic rings. The third-order valence-corrected chi connectivity index (χ3v) is 4.53. The van der Waals surface area contributed by atoms with Crippen molar-refractivity contribution in [3.8, 4) is 0 Å². The van der Waals surface area contributed by atoms with Crippen molar-refractivity contribution >= 4 is 5.78 Å². The third kappa shape index (κ3) is 2.73. The maximum absolute atomic E-state index is 11.3. The van der Waals surface area contributed by atoms with Gasteiger partial charge in [0, 0.05) is 6.20 Å². The maximum atomic E-state index is 11.3. The Morgan fingerprint density at radius 3 is 2.89 bits per heavy atom. The summed E-state index contributed by atoms with van der Waals surface area (Å²) in [5.41, 5.74) is 0.852. The minimum absolute atomic E-state index is 0.0716. The topological polar surface area (TPSA) is 44.1 Å². The monoisotopic (exact) mass is 262 g/mol. The first-order valence-corrected chi connectivity index (χ1v) is 7.38. The zero-order chi connectivity index (χ0) is 13.3. The van der Waals surface area contributed by atoms with Gasteiger partial charge in [-0.3, -0.25) is 9.48 Å². The lowest BCUT2D eigenvalue weighted by molar-refractivity contribution is -0.0688. The molecule has 1 aromatic heterocycles. The van der Waals surface area contributed by atoms with Crippen molar-refractivity contribution in [1.82, 2.24) is 9.78 Å². The van der Waals surface area contributed by atoms with Crippen molar-refractivity contribution in [2.75, 3.05) is 0 Å². The molecule has 104 valence electrons. The van der Waals surface area contributed by atoms with Crippen LogP contribution in [0, 0.1) is 0 Å². The highest BCUT2D eigenvalue weighted by Gasteiger charge is 2.40. The molecule has 0 amide bonds. The third-order valence-electron chi connectivity index (χ3n) is 4.53. The molecule has 1 aliphatic carbocycles. The van der Waals surface area contributed by atoms with Crippen molar-refractivity contribution in [2.24, 2.45) is 0 Å². The average molecular weight is 262 g/mol. The highest BCUT2D eigenvalue weighted by Crippen LogP contribution is 2.42. The molecule has 2 heterocycles. The minimum Gasteiger partial charge on any atom is -0.370 e. The van der Waals surface area contributed by atoms with Crippen molar-refractivity contribution in [3.05, 3.63) is 18.0 Å². The van der Waals surface area contributed by atoms with Gasteiger partial charge in [0.15, 0.2) is 5.78 Å². The zero-order valence-corrected chi connectivity index (χ0v) is 11.6. The first-order chi connectivity index (χ1) is 9.17. The number of hydrogen-bond donors (Lipinski definition) is 0. The van der Waals surface area contributed by atoms with E-state index in [2.05, 4.69) is 5.10 Å². The molecular formula is C15H22N2O2. The van der Waals surface area contributed by atoms with E-state index in [9.17, 15) is 4.79 Å². The molecule has 0 bridgehead atoms. The summed E-state index contributed by atoms with van der Waals surface area (Å²) in [6.45, 7) is 2.35. The van der Waals surface area contributed by atoms with Crippen LogP contribution in [0.2, 0.25) is 0 Å². The Balaban J connectivity index is 1.60. The van der Waals surface area contributed by atoms with E-state index in [0.29, 0.717) is 5.56 Å². The fourth-order valence-electron chi connectivity index (χ4n) is 3.44. The summed E-state index contributed by atoms with van der Waals surface area (Å²) in [5.74, 6) is 0.0716. The van der Waals surface area contributed by atoms with Crippen LogP contribution >= 0.6 is 0 Å². The van der Waals surface area contributed by atoms with Gasteiger partial charge in [0.25, 0.3) is 0 Å². The van der Waals surface area contributed by atoms with Crippen molar-refractivity contribution < 1.29 is 9.53 Å². The van der Waals surface area contributed by atoms with Crippen LogP contribution in [0.5, 0.6) is 0 Å². The molecule has 3 rings (SSSR count). The van der Waals surface area contributed by atoms with Gasteiger partial charge in [0.05, 0.1) is 30.0 Å². The largest absolute Gasteiger partial charge is 0.370 e. The predicted octanol–water partition coefficient (Wildman–Crippen LogP) is 2.97. The highest BCUT2D eigenvalue weighted by atomic mass is 16.5. The minimum atomic E-state index is 0.0716. The van der Waals surface area contributed by atoms with E-state index >= 15 is 0 Å². The summed E-state index contributed by atoms with van der Waals surface area (Å²) in [7, 11) is 0. The number of carbonyl (C=O) groups is 1. The number of ketones is 1. The second-order valence-corrected chi connectivity index (χ2v) is 6.03. The predicted molar refractivity (Wildman–Crippen MR) is 72.2 cm³/mol. The Morgan fingerprint density at radius 1 is 1.42 bits per heavy atom. The summed E-state index contributed by atoms with van der Waals surface area (Å²) in [4.78, 5) is 11.3. The molecule has 19 heavy (non-hydrogen) atoms. The second kappa shape index (κ2) is 5.08. The van der Waals surface area contributed by atoms with E-state index in [0.717, 1.165) is 13.0 Å². The molecule has 4 nitrogen and oxygen atoms in total. The second-order valence-electron chi connectivity index (χ2n) is 6.03. The van der Waals surface area contributed by atoms with Crippen LogP contribution in [0.1, 0.15) is 62.2 Å². The molecule has 1 aromatic rings. The van der Waals surface area contributed by atoms with E-state index in [4.69, 9.17) is 4.74 Å². The van der Waals surface area contributed by atoms with Crippen LogP contribution in [0.15, 0.2) is 12.4 Å². The summed E-state index contributed by atoms with van der Waals surface area (Å²) in [6.07, 6.45) is 12.5. The number of rotatable bonds is 3. The van der Waals surface area contributed by atoms with E-state index < -0.39 is 0 Å². The van der Waals surface area contributed by atoms with Crippen molar-refractivity contribution in [1.29, 1.82) is 0 Å². The van der Waals surface area contributed by atoms with Gasteiger partial charge in [-0.2, -0.15) is 5.10 Å². The van der Waals surface area contributed by atoms with E-state index in [1.165, 1.54) is 38.5 Å². The molecule has 0 N–H and O–H groups in total. The molecule has 0 aromatic carbocycles. The Morgan fingerprint density at radius 2 is 2.21 bits per heavy atom. The van der Waals surface area contributed by atoms with E-state index in [1.54, 1.807) is 13.1 Å². The average Bonchev–Trinajstić information content (AvgIpc) is 2.99. The van der Waals surface area contributed by atoms with Crippen molar-refractivity contribution in [3.63, 3.8) is 0 Å². The number of nitrogens with zero attached hydrogens (tertiary/aromatic N) is 2. The van der Waals surface area contributed by atoms with Crippen LogP contribution in [-0.4, -0.2) is 27.3 Å². The summed E-state index contributed by atoms with van der Waals surface area (Å²) >= 11 is 0.